The van der Waals surface area contributed by atoms with Crippen molar-refractivity contribution < 1.29 is 0 Å². The number of aromatic nitrogens is 2. The van der Waals surface area contributed by atoms with Gasteiger partial charge in [-0.2, -0.15) is 0 Å². The molecule has 166 valence electrons. The van der Waals surface area contributed by atoms with Gasteiger partial charge in [0.05, 0.1) is 24.0 Å². The molecule has 2 heterocycles. The fraction of sp³-hybridized carbons (Fsp3) is 0.310. The molecule has 0 saturated heterocycles. The first-order valence-electron chi connectivity index (χ1n) is 12.2. The number of nitrogens with zero attached hydrogens (tertiary/aromatic N) is 2. The van der Waals surface area contributed by atoms with Gasteiger partial charge in [-0.1, -0.05) is 86.6 Å². The van der Waals surface area contributed by atoms with Crippen molar-refractivity contribution in [2.45, 2.75) is 57.7 Å². The van der Waals surface area contributed by atoms with Crippen LogP contribution in [0.2, 0.25) is 19.6 Å². The maximum Gasteiger partial charge on any atom is 0.116 e. The van der Waals surface area contributed by atoms with Crippen molar-refractivity contribution in [1.82, 2.24) is 9.97 Å². The zero-order valence-corrected chi connectivity index (χ0v) is 21.5. The third-order valence-electron chi connectivity index (χ3n) is 7.30. The number of hydrogen-bond acceptors (Lipinski definition) is 3. The number of hydrogen-bond donors (Lipinski definition) is 0. The van der Waals surface area contributed by atoms with Gasteiger partial charge in [0, 0.05) is 15.6 Å². The normalized spacial score (nSPS) is 15.6. The second-order valence-corrected chi connectivity index (χ2v) is 16.7. The molecular weight excluding hydrogens is 436 g/mol. The van der Waals surface area contributed by atoms with Crippen LogP contribution in [0.15, 0.2) is 60.9 Å². The van der Waals surface area contributed by atoms with Crippen molar-refractivity contribution in [2.75, 3.05) is 0 Å². The fourth-order valence-corrected chi connectivity index (χ4v) is 8.39. The summed E-state index contributed by atoms with van der Waals surface area (Å²) in [6.07, 6.45) is 8.54. The summed E-state index contributed by atoms with van der Waals surface area (Å²) in [5, 5.41) is 5.46. The topological polar surface area (TPSA) is 25.8 Å². The second kappa shape index (κ2) is 8.03. The van der Waals surface area contributed by atoms with E-state index in [4.69, 9.17) is 9.97 Å². The molecule has 1 fully saturated rings. The number of thiophene rings is 1. The molecule has 2 nitrogen and oxygen atoms in total. The third-order valence-corrected chi connectivity index (χ3v) is 10.5. The molecule has 0 unspecified atom stereocenters. The van der Waals surface area contributed by atoms with E-state index >= 15 is 0 Å². The number of fused-ring (bicyclic) bond motifs is 4. The van der Waals surface area contributed by atoms with Crippen molar-refractivity contribution in [2.24, 2.45) is 0 Å². The largest absolute Gasteiger partial charge is 0.235 e. The molecule has 0 N–H and O–H groups in total. The summed E-state index contributed by atoms with van der Waals surface area (Å²) in [6.45, 7) is 7.29. The van der Waals surface area contributed by atoms with Crippen LogP contribution >= 0.6 is 11.3 Å². The van der Waals surface area contributed by atoms with Crippen molar-refractivity contribution >= 4 is 55.7 Å². The first-order valence-corrected chi connectivity index (χ1v) is 16.5. The molecule has 6 rings (SSSR count). The Balaban J connectivity index is 1.55. The average Bonchev–Trinajstić information content (AvgIpc) is 3.21. The van der Waals surface area contributed by atoms with Gasteiger partial charge in [-0.15, -0.1) is 11.3 Å². The highest BCUT2D eigenvalue weighted by molar-refractivity contribution is 7.26. The van der Waals surface area contributed by atoms with E-state index in [0.717, 1.165) is 17.1 Å². The van der Waals surface area contributed by atoms with Crippen LogP contribution in [0.3, 0.4) is 0 Å². The van der Waals surface area contributed by atoms with Gasteiger partial charge in [0.2, 0.25) is 0 Å². The van der Waals surface area contributed by atoms with Crippen LogP contribution in [0.1, 0.15) is 43.6 Å². The molecular formula is C29H30N2SSi. The molecule has 2 aromatic heterocycles. The van der Waals surface area contributed by atoms with Crippen LogP contribution in [-0.2, 0) is 0 Å². The van der Waals surface area contributed by atoms with Gasteiger partial charge in [0.25, 0.3) is 0 Å². The first kappa shape index (κ1) is 21.0. The third kappa shape index (κ3) is 3.70. The Hall–Kier alpha value is -2.56. The molecule has 0 spiro atoms. The summed E-state index contributed by atoms with van der Waals surface area (Å²) in [4.78, 5) is 9.57. The van der Waals surface area contributed by atoms with Crippen molar-refractivity contribution in [3.05, 3.63) is 66.5 Å². The van der Waals surface area contributed by atoms with Gasteiger partial charge in [-0.3, -0.25) is 0 Å². The van der Waals surface area contributed by atoms with Crippen LogP contribution < -0.4 is 5.19 Å². The molecule has 5 aromatic rings. The number of rotatable bonds is 3. The van der Waals surface area contributed by atoms with Crippen LogP contribution in [-0.4, -0.2) is 18.0 Å². The summed E-state index contributed by atoms with van der Waals surface area (Å²) < 4.78 is 2.56. The van der Waals surface area contributed by atoms with Gasteiger partial charge in [-0.05, 0) is 47.2 Å². The van der Waals surface area contributed by atoms with Crippen LogP contribution in [0.25, 0.3) is 42.3 Å². The number of benzene rings is 3. The highest BCUT2D eigenvalue weighted by Gasteiger charge is 2.22. The molecule has 33 heavy (non-hydrogen) atoms. The maximum absolute atomic E-state index is 4.83. The predicted molar refractivity (Wildman–Crippen MR) is 147 cm³/mol. The summed E-state index contributed by atoms with van der Waals surface area (Å²) in [7, 11) is -1.53. The van der Waals surface area contributed by atoms with E-state index in [1.165, 1.54) is 74.0 Å². The quantitative estimate of drug-likeness (QED) is 0.250. The van der Waals surface area contributed by atoms with E-state index in [1.54, 1.807) is 6.33 Å². The minimum atomic E-state index is -1.53. The van der Waals surface area contributed by atoms with Crippen molar-refractivity contribution in [3.63, 3.8) is 0 Å². The minimum Gasteiger partial charge on any atom is -0.235 e. The van der Waals surface area contributed by atoms with Gasteiger partial charge in [0.1, 0.15) is 6.33 Å². The van der Waals surface area contributed by atoms with Crippen LogP contribution in [0, 0.1) is 0 Å². The average molecular weight is 467 g/mol. The first-order chi connectivity index (χ1) is 16.0. The van der Waals surface area contributed by atoms with E-state index in [-0.39, 0.29) is 0 Å². The van der Waals surface area contributed by atoms with E-state index in [2.05, 4.69) is 74.2 Å². The smallest absolute Gasteiger partial charge is 0.116 e. The molecule has 0 radical (unpaired) electrons. The summed E-state index contributed by atoms with van der Waals surface area (Å²) in [5.74, 6) is 0.721. The molecule has 1 saturated carbocycles. The summed E-state index contributed by atoms with van der Waals surface area (Å²) in [5.41, 5.74) is 4.90. The van der Waals surface area contributed by atoms with Crippen molar-refractivity contribution in [1.29, 1.82) is 0 Å². The Bertz CT molecular complexity index is 1490. The molecule has 0 atom stereocenters. The Morgan fingerprint density at radius 2 is 1.67 bits per heavy atom. The zero-order valence-electron chi connectivity index (χ0n) is 19.7. The monoisotopic (exact) mass is 466 g/mol. The van der Waals surface area contributed by atoms with Gasteiger partial charge in [-0.25, -0.2) is 9.97 Å². The molecule has 1 aliphatic rings. The van der Waals surface area contributed by atoms with E-state index in [1.807, 2.05) is 11.3 Å². The van der Waals surface area contributed by atoms with Gasteiger partial charge < -0.3 is 0 Å². The minimum absolute atomic E-state index is 0.721. The lowest BCUT2D eigenvalue weighted by molar-refractivity contribution is 0.444. The standard InChI is InChI=1S/C29H30N2SSi/c1-33(2,3)26-17-22(15-21-11-7-8-12-23(21)26)27-29-28(31-18-30-27)24-14-13-20(16-25(24)32-29)19-9-5-4-6-10-19/h7-8,11-19H,4-6,9-10H2,1-3H3. The zero-order chi connectivity index (χ0) is 22.6. The van der Waals surface area contributed by atoms with Crippen LogP contribution in [0.5, 0.6) is 0 Å². The molecule has 3 aromatic carbocycles. The van der Waals surface area contributed by atoms with Crippen LogP contribution in [0.4, 0.5) is 0 Å². The Morgan fingerprint density at radius 1 is 0.848 bits per heavy atom. The summed E-state index contributed by atoms with van der Waals surface area (Å²) in [6, 6.07) is 20.6. The molecule has 0 bridgehead atoms. The molecule has 4 heteroatoms. The fourth-order valence-electron chi connectivity index (χ4n) is 5.55. The molecule has 0 aliphatic heterocycles. The highest BCUT2D eigenvalue weighted by Crippen LogP contribution is 2.41. The second-order valence-electron chi connectivity index (χ2n) is 10.6. The summed E-state index contributed by atoms with van der Waals surface area (Å²) >= 11 is 1.87. The Labute approximate surface area is 200 Å². The van der Waals surface area contributed by atoms with E-state index < -0.39 is 8.07 Å². The Morgan fingerprint density at radius 3 is 2.48 bits per heavy atom. The lowest BCUT2D eigenvalue weighted by atomic mass is 9.84. The molecule has 1 aliphatic carbocycles. The maximum atomic E-state index is 4.83. The lowest BCUT2D eigenvalue weighted by Crippen LogP contribution is -2.38. The van der Waals surface area contributed by atoms with Gasteiger partial charge in [0.15, 0.2) is 0 Å². The SMILES string of the molecule is C[Si](C)(C)c1cc(-c2ncnc3c2sc2cc(C4CCCCC4)ccc23)cc2ccccc12. The predicted octanol–water partition coefficient (Wildman–Crippen LogP) is 8.26. The van der Waals surface area contributed by atoms with E-state index in [9.17, 15) is 0 Å². The van der Waals surface area contributed by atoms with Crippen molar-refractivity contribution in [3.8, 4) is 11.3 Å². The van der Waals surface area contributed by atoms with E-state index in [0.29, 0.717) is 0 Å². The van der Waals surface area contributed by atoms with Gasteiger partial charge >= 0.3 is 0 Å². The Kier molecular flexibility index (Phi) is 5.11. The highest BCUT2D eigenvalue weighted by atomic mass is 32.1. The lowest BCUT2D eigenvalue weighted by Gasteiger charge is -2.21. The molecule has 0 amide bonds.